The standard InChI is InChI=1S/C24H28F2N2O3/c1-15-5-4-6-16(2)28(15)23(29)14-31-20-10-7-18(8-11-20)24(30)27-17(3)19-9-12-21(25)22(26)13-19/h7-13,15-17H,4-6,14H2,1-3H3,(H,27,30). The van der Waals surface area contributed by atoms with Gasteiger partial charge in [-0.2, -0.15) is 0 Å². The molecule has 1 heterocycles. The number of nitrogens with one attached hydrogen (secondary N) is 1. The molecule has 0 bridgehead atoms. The Morgan fingerprint density at radius 3 is 2.32 bits per heavy atom. The molecule has 166 valence electrons. The number of carbonyl (C=O) groups is 2. The Morgan fingerprint density at radius 2 is 1.71 bits per heavy atom. The molecular weight excluding hydrogens is 402 g/mol. The molecule has 0 radical (unpaired) electrons. The van der Waals surface area contributed by atoms with Gasteiger partial charge in [0.1, 0.15) is 5.75 Å². The SMILES string of the molecule is CC(NC(=O)c1ccc(OCC(=O)N2C(C)CCCC2C)cc1)c1ccc(F)c(F)c1. The van der Waals surface area contributed by atoms with Crippen molar-refractivity contribution in [3.05, 3.63) is 65.2 Å². The molecule has 2 aromatic rings. The number of amides is 2. The Hall–Kier alpha value is -2.96. The predicted molar refractivity (Wildman–Crippen MR) is 114 cm³/mol. The minimum Gasteiger partial charge on any atom is -0.484 e. The van der Waals surface area contributed by atoms with Crippen LogP contribution in [0.3, 0.4) is 0 Å². The normalized spacial score (nSPS) is 19.6. The number of nitrogens with zero attached hydrogens (tertiary/aromatic N) is 1. The van der Waals surface area contributed by atoms with Crippen molar-refractivity contribution in [1.29, 1.82) is 0 Å². The summed E-state index contributed by atoms with van der Waals surface area (Å²) in [7, 11) is 0. The lowest BCUT2D eigenvalue weighted by Gasteiger charge is -2.38. The van der Waals surface area contributed by atoms with Crippen molar-refractivity contribution >= 4 is 11.8 Å². The van der Waals surface area contributed by atoms with E-state index in [1.165, 1.54) is 6.07 Å². The highest BCUT2D eigenvalue weighted by Gasteiger charge is 2.29. The second-order valence-corrected chi connectivity index (χ2v) is 8.11. The maximum atomic E-state index is 13.4. The quantitative estimate of drug-likeness (QED) is 0.727. The van der Waals surface area contributed by atoms with E-state index in [2.05, 4.69) is 19.2 Å². The molecule has 3 rings (SSSR count). The lowest BCUT2D eigenvalue weighted by molar-refractivity contribution is -0.139. The summed E-state index contributed by atoms with van der Waals surface area (Å²) in [6.45, 7) is 5.76. The van der Waals surface area contributed by atoms with Gasteiger partial charge < -0.3 is 15.0 Å². The van der Waals surface area contributed by atoms with Crippen LogP contribution in [-0.2, 0) is 4.79 Å². The third kappa shape index (κ3) is 5.60. The van der Waals surface area contributed by atoms with Crippen molar-refractivity contribution in [2.75, 3.05) is 6.61 Å². The van der Waals surface area contributed by atoms with E-state index >= 15 is 0 Å². The Bertz CT molecular complexity index is 923. The number of carbonyl (C=O) groups excluding carboxylic acids is 2. The average molecular weight is 430 g/mol. The first-order valence-electron chi connectivity index (χ1n) is 10.6. The fourth-order valence-corrected chi connectivity index (χ4v) is 3.98. The number of rotatable bonds is 6. The van der Waals surface area contributed by atoms with Gasteiger partial charge in [0.15, 0.2) is 18.2 Å². The number of ether oxygens (including phenoxy) is 1. The van der Waals surface area contributed by atoms with Gasteiger partial charge in [-0.25, -0.2) is 8.78 Å². The minimum atomic E-state index is -0.956. The molecule has 1 saturated heterocycles. The van der Waals surface area contributed by atoms with Gasteiger partial charge in [0.2, 0.25) is 0 Å². The highest BCUT2D eigenvalue weighted by Crippen LogP contribution is 2.23. The first-order valence-corrected chi connectivity index (χ1v) is 10.6. The number of halogens is 2. The maximum Gasteiger partial charge on any atom is 0.260 e. The molecule has 1 fully saturated rings. The van der Waals surface area contributed by atoms with E-state index < -0.39 is 17.7 Å². The highest BCUT2D eigenvalue weighted by atomic mass is 19.2. The Labute approximate surface area is 181 Å². The summed E-state index contributed by atoms with van der Waals surface area (Å²) in [5.74, 6) is -1.78. The third-order valence-electron chi connectivity index (χ3n) is 5.75. The lowest BCUT2D eigenvalue weighted by Crippen LogP contribution is -2.49. The third-order valence-corrected chi connectivity index (χ3v) is 5.75. The molecule has 0 saturated carbocycles. The van der Waals surface area contributed by atoms with Crippen molar-refractivity contribution in [3.63, 3.8) is 0 Å². The Kier molecular flexibility index (Phi) is 7.25. The summed E-state index contributed by atoms with van der Waals surface area (Å²) in [4.78, 5) is 26.9. The molecule has 2 aromatic carbocycles. The lowest BCUT2D eigenvalue weighted by atomic mass is 9.97. The van der Waals surface area contributed by atoms with Crippen LogP contribution in [0, 0.1) is 11.6 Å². The second kappa shape index (κ2) is 9.90. The van der Waals surface area contributed by atoms with Gasteiger partial charge in [-0.05, 0) is 82.0 Å². The maximum absolute atomic E-state index is 13.4. The van der Waals surface area contributed by atoms with Gasteiger partial charge in [0, 0.05) is 17.6 Å². The predicted octanol–water partition coefficient (Wildman–Crippen LogP) is 4.62. The van der Waals surface area contributed by atoms with Crippen molar-refractivity contribution < 1.29 is 23.1 Å². The second-order valence-electron chi connectivity index (χ2n) is 8.11. The zero-order chi connectivity index (χ0) is 22.5. The van der Waals surface area contributed by atoms with Crippen LogP contribution in [0.4, 0.5) is 8.78 Å². The van der Waals surface area contributed by atoms with Gasteiger partial charge in [-0.1, -0.05) is 6.07 Å². The van der Waals surface area contributed by atoms with E-state index in [1.807, 2.05) is 4.90 Å². The molecule has 1 aliphatic heterocycles. The van der Waals surface area contributed by atoms with Crippen LogP contribution in [0.2, 0.25) is 0 Å². The molecule has 3 unspecified atom stereocenters. The van der Waals surface area contributed by atoms with E-state index in [-0.39, 0.29) is 30.5 Å². The van der Waals surface area contributed by atoms with Crippen LogP contribution >= 0.6 is 0 Å². The largest absolute Gasteiger partial charge is 0.484 e. The van der Waals surface area contributed by atoms with Crippen molar-refractivity contribution in [1.82, 2.24) is 10.2 Å². The topological polar surface area (TPSA) is 58.6 Å². The summed E-state index contributed by atoms with van der Waals surface area (Å²) in [5, 5.41) is 2.75. The van der Waals surface area contributed by atoms with Gasteiger partial charge in [0.05, 0.1) is 6.04 Å². The zero-order valence-electron chi connectivity index (χ0n) is 18.0. The molecular formula is C24H28F2N2O3. The van der Waals surface area contributed by atoms with Crippen LogP contribution in [0.15, 0.2) is 42.5 Å². The van der Waals surface area contributed by atoms with Crippen LogP contribution in [0.1, 0.15) is 62.0 Å². The molecule has 0 aromatic heterocycles. The summed E-state index contributed by atoms with van der Waals surface area (Å²) in [5.41, 5.74) is 0.860. The van der Waals surface area contributed by atoms with Gasteiger partial charge in [-0.3, -0.25) is 9.59 Å². The first kappa shape index (κ1) is 22.7. The fraction of sp³-hybridized carbons (Fsp3) is 0.417. The molecule has 1 N–H and O–H groups in total. The van der Waals surface area contributed by atoms with E-state index in [4.69, 9.17) is 4.74 Å². The van der Waals surface area contributed by atoms with Crippen LogP contribution < -0.4 is 10.1 Å². The van der Waals surface area contributed by atoms with E-state index in [9.17, 15) is 18.4 Å². The minimum absolute atomic E-state index is 0.0399. The highest BCUT2D eigenvalue weighted by molar-refractivity contribution is 5.94. The Morgan fingerprint density at radius 1 is 1.06 bits per heavy atom. The van der Waals surface area contributed by atoms with Crippen LogP contribution in [-0.4, -0.2) is 35.4 Å². The number of benzene rings is 2. The molecule has 3 atom stereocenters. The number of hydrogen-bond donors (Lipinski definition) is 1. The van der Waals surface area contributed by atoms with Crippen LogP contribution in [0.25, 0.3) is 0 Å². The van der Waals surface area contributed by atoms with Crippen LogP contribution in [0.5, 0.6) is 5.75 Å². The van der Waals surface area contributed by atoms with Crippen molar-refractivity contribution in [2.24, 2.45) is 0 Å². The molecule has 2 amide bonds. The van der Waals surface area contributed by atoms with E-state index in [0.717, 1.165) is 31.4 Å². The summed E-state index contributed by atoms with van der Waals surface area (Å²) < 4.78 is 32.1. The zero-order valence-corrected chi connectivity index (χ0v) is 18.0. The average Bonchev–Trinajstić information content (AvgIpc) is 2.74. The molecule has 7 heteroatoms. The number of piperidine rings is 1. The monoisotopic (exact) mass is 430 g/mol. The molecule has 1 aliphatic rings. The molecule has 0 aliphatic carbocycles. The summed E-state index contributed by atoms with van der Waals surface area (Å²) >= 11 is 0. The van der Waals surface area contributed by atoms with Crippen molar-refractivity contribution in [3.8, 4) is 5.75 Å². The Balaban J connectivity index is 1.55. The summed E-state index contributed by atoms with van der Waals surface area (Å²) in [6.07, 6.45) is 3.14. The number of hydrogen-bond acceptors (Lipinski definition) is 3. The van der Waals surface area contributed by atoms with E-state index in [1.54, 1.807) is 31.2 Å². The number of likely N-dealkylation sites (tertiary alicyclic amines) is 1. The summed E-state index contributed by atoms with van der Waals surface area (Å²) in [6, 6.07) is 9.92. The van der Waals surface area contributed by atoms with Gasteiger partial charge >= 0.3 is 0 Å². The van der Waals surface area contributed by atoms with Gasteiger partial charge in [0.25, 0.3) is 11.8 Å². The van der Waals surface area contributed by atoms with Gasteiger partial charge in [-0.15, -0.1) is 0 Å². The fourth-order valence-electron chi connectivity index (χ4n) is 3.98. The molecule has 5 nitrogen and oxygen atoms in total. The smallest absolute Gasteiger partial charge is 0.260 e. The molecule has 31 heavy (non-hydrogen) atoms. The first-order chi connectivity index (χ1) is 14.8. The van der Waals surface area contributed by atoms with E-state index in [0.29, 0.717) is 16.9 Å². The molecule has 0 spiro atoms. The van der Waals surface area contributed by atoms with Crippen molar-refractivity contribution in [2.45, 2.75) is 58.2 Å².